The Morgan fingerprint density at radius 2 is 1.46 bits per heavy atom. The first kappa shape index (κ1) is 17.8. The number of benzene rings is 1. The van der Waals surface area contributed by atoms with Gasteiger partial charge in [0.15, 0.2) is 11.5 Å². The van der Waals surface area contributed by atoms with E-state index in [0.717, 1.165) is 22.5 Å². The van der Waals surface area contributed by atoms with Crippen LogP contribution in [-0.2, 0) is 0 Å². The summed E-state index contributed by atoms with van der Waals surface area (Å²) >= 11 is 0. The van der Waals surface area contributed by atoms with Crippen molar-refractivity contribution in [2.45, 2.75) is 33.6 Å². The monoisotopic (exact) mass is 332 g/mol. The normalized spacial score (nSPS) is 15.9. The van der Waals surface area contributed by atoms with Crippen molar-refractivity contribution in [3.8, 4) is 11.5 Å². The van der Waals surface area contributed by atoms with Crippen LogP contribution in [0.25, 0.3) is 0 Å². The minimum absolute atomic E-state index is 0.0431. The highest BCUT2D eigenvalue weighted by atomic mass is 16.6. The van der Waals surface area contributed by atoms with Gasteiger partial charge < -0.3 is 14.4 Å². The number of methoxy groups -OCH3 is 2. The topological polar surface area (TPSA) is 64.8 Å². The van der Waals surface area contributed by atoms with Crippen molar-refractivity contribution in [2.75, 3.05) is 21.3 Å². The van der Waals surface area contributed by atoms with E-state index in [1.54, 1.807) is 6.07 Å². The number of allylic oxidation sites excluding steroid dienone is 4. The second-order valence-corrected chi connectivity index (χ2v) is 6.05. The second-order valence-electron chi connectivity index (χ2n) is 6.05. The minimum Gasteiger partial charge on any atom is -0.493 e. The molecule has 0 aromatic heterocycles. The SMILES string of the molecule is COc1cc(C2C(C)=C(C)N(C)C(C)=C2C)c([N+](=O)[O-])cc1OC. The third-order valence-electron chi connectivity index (χ3n) is 5.05. The van der Waals surface area contributed by atoms with Crippen LogP contribution in [0.2, 0.25) is 0 Å². The zero-order valence-corrected chi connectivity index (χ0v) is 15.3. The average Bonchev–Trinajstić information content (AvgIpc) is 2.57. The Bertz CT molecular complexity index is 724. The van der Waals surface area contributed by atoms with E-state index >= 15 is 0 Å². The highest BCUT2D eigenvalue weighted by molar-refractivity contribution is 5.60. The summed E-state index contributed by atoms with van der Waals surface area (Å²) in [7, 11) is 5.02. The molecular weight excluding hydrogens is 308 g/mol. The van der Waals surface area contributed by atoms with Crippen LogP contribution >= 0.6 is 0 Å². The molecule has 0 fully saturated rings. The van der Waals surface area contributed by atoms with Gasteiger partial charge in [-0.3, -0.25) is 10.1 Å². The number of hydrogen-bond acceptors (Lipinski definition) is 5. The fourth-order valence-corrected chi connectivity index (χ4v) is 3.26. The highest BCUT2D eigenvalue weighted by Gasteiger charge is 2.32. The predicted molar refractivity (Wildman–Crippen MR) is 93.5 cm³/mol. The van der Waals surface area contributed by atoms with Gasteiger partial charge in [-0.15, -0.1) is 0 Å². The number of nitrogens with zero attached hydrogens (tertiary/aromatic N) is 2. The smallest absolute Gasteiger partial charge is 0.277 e. The first-order valence-electron chi connectivity index (χ1n) is 7.73. The summed E-state index contributed by atoms with van der Waals surface area (Å²) in [4.78, 5) is 13.4. The number of nitro groups is 1. The van der Waals surface area contributed by atoms with Gasteiger partial charge in [0.25, 0.3) is 5.69 Å². The van der Waals surface area contributed by atoms with Crippen LogP contribution < -0.4 is 9.47 Å². The number of ether oxygens (including phenoxy) is 2. The number of rotatable bonds is 4. The largest absolute Gasteiger partial charge is 0.493 e. The van der Waals surface area contributed by atoms with Gasteiger partial charge >= 0.3 is 0 Å². The Morgan fingerprint density at radius 1 is 1.00 bits per heavy atom. The molecule has 0 bridgehead atoms. The van der Waals surface area contributed by atoms with E-state index in [2.05, 4.69) is 4.90 Å². The standard InChI is InChI=1S/C18H24N2O4/c1-10-12(3)19(5)13(4)11(2)18(10)14-8-16(23-6)17(24-7)9-15(14)20(21)22/h8-9,18H,1-7H3. The van der Waals surface area contributed by atoms with Gasteiger partial charge in [0.05, 0.1) is 25.2 Å². The van der Waals surface area contributed by atoms with E-state index in [9.17, 15) is 10.1 Å². The summed E-state index contributed by atoms with van der Waals surface area (Å²) in [6.07, 6.45) is 0. The Kier molecular flexibility index (Phi) is 4.87. The van der Waals surface area contributed by atoms with E-state index in [4.69, 9.17) is 9.47 Å². The molecule has 0 N–H and O–H groups in total. The van der Waals surface area contributed by atoms with Crippen molar-refractivity contribution >= 4 is 5.69 Å². The molecule has 1 aromatic rings. The van der Waals surface area contributed by atoms with Crippen molar-refractivity contribution in [1.29, 1.82) is 0 Å². The molecular formula is C18H24N2O4. The van der Waals surface area contributed by atoms with Gasteiger partial charge in [0.1, 0.15) is 0 Å². The first-order valence-corrected chi connectivity index (χ1v) is 7.73. The Labute approximate surface area is 142 Å². The molecule has 24 heavy (non-hydrogen) atoms. The van der Waals surface area contributed by atoms with E-state index in [0.29, 0.717) is 17.1 Å². The Hall–Kier alpha value is -2.50. The lowest BCUT2D eigenvalue weighted by molar-refractivity contribution is -0.385. The maximum Gasteiger partial charge on any atom is 0.277 e. The second kappa shape index (κ2) is 6.55. The molecule has 1 aliphatic rings. The summed E-state index contributed by atoms with van der Waals surface area (Å²) in [5, 5.41) is 11.6. The zero-order valence-electron chi connectivity index (χ0n) is 15.3. The molecule has 0 atom stereocenters. The minimum atomic E-state index is -0.360. The van der Waals surface area contributed by atoms with Gasteiger partial charge in [-0.05, 0) is 44.9 Å². The Balaban J connectivity index is 2.77. The van der Waals surface area contributed by atoms with Crippen LogP contribution in [-0.4, -0.2) is 31.1 Å². The van der Waals surface area contributed by atoms with Crippen molar-refractivity contribution in [1.82, 2.24) is 4.90 Å². The summed E-state index contributed by atoms with van der Waals surface area (Å²) in [6, 6.07) is 3.16. The fourth-order valence-electron chi connectivity index (χ4n) is 3.26. The summed E-state index contributed by atoms with van der Waals surface area (Å²) in [5.41, 5.74) is 5.06. The molecule has 6 heteroatoms. The molecule has 1 heterocycles. The fraction of sp³-hybridized carbons (Fsp3) is 0.444. The average molecular weight is 332 g/mol. The maximum atomic E-state index is 11.6. The van der Waals surface area contributed by atoms with Gasteiger partial charge in [0.2, 0.25) is 0 Å². The van der Waals surface area contributed by atoms with Crippen molar-refractivity contribution in [3.63, 3.8) is 0 Å². The van der Waals surface area contributed by atoms with Crippen LogP contribution in [0.15, 0.2) is 34.7 Å². The molecule has 130 valence electrons. The molecule has 2 rings (SSSR count). The van der Waals surface area contributed by atoms with Crippen LogP contribution in [0, 0.1) is 10.1 Å². The van der Waals surface area contributed by atoms with Crippen molar-refractivity contribution < 1.29 is 14.4 Å². The van der Waals surface area contributed by atoms with Crippen molar-refractivity contribution in [2.24, 2.45) is 0 Å². The van der Waals surface area contributed by atoms with Crippen LogP contribution in [0.5, 0.6) is 11.5 Å². The molecule has 0 saturated carbocycles. The first-order chi connectivity index (χ1) is 11.2. The molecule has 1 aromatic carbocycles. The third kappa shape index (κ3) is 2.72. The van der Waals surface area contributed by atoms with Crippen molar-refractivity contribution in [3.05, 3.63) is 50.4 Å². The third-order valence-corrected chi connectivity index (χ3v) is 5.05. The zero-order chi connectivity index (χ0) is 18.2. The lowest BCUT2D eigenvalue weighted by atomic mass is 9.80. The van der Waals surface area contributed by atoms with Crippen LogP contribution in [0.4, 0.5) is 5.69 Å². The molecule has 0 aliphatic carbocycles. The lowest BCUT2D eigenvalue weighted by Crippen LogP contribution is -2.25. The summed E-state index contributed by atoms with van der Waals surface area (Å²) < 4.78 is 10.6. The molecule has 0 saturated heterocycles. The summed E-state index contributed by atoms with van der Waals surface area (Å²) in [6.45, 7) is 8.11. The van der Waals surface area contributed by atoms with E-state index in [1.807, 2.05) is 34.7 Å². The van der Waals surface area contributed by atoms with Crippen LogP contribution in [0.1, 0.15) is 39.2 Å². The lowest BCUT2D eigenvalue weighted by Gasteiger charge is -2.35. The number of hydrogen-bond donors (Lipinski definition) is 0. The molecule has 0 unspecified atom stereocenters. The van der Waals surface area contributed by atoms with Gasteiger partial charge in [-0.25, -0.2) is 0 Å². The van der Waals surface area contributed by atoms with E-state index < -0.39 is 0 Å². The van der Waals surface area contributed by atoms with Crippen LogP contribution in [0.3, 0.4) is 0 Å². The quantitative estimate of drug-likeness (QED) is 0.610. The van der Waals surface area contributed by atoms with Gasteiger partial charge in [-0.1, -0.05) is 0 Å². The maximum absolute atomic E-state index is 11.6. The van der Waals surface area contributed by atoms with E-state index in [1.165, 1.54) is 20.3 Å². The highest BCUT2D eigenvalue weighted by Crippen LogP contribution is 2.46. The molecule has 6 nitrogen and oxygen atoms in total. The van der Waals surface area contributed by atoms with Gasteiger partial charge in [-0.2, -0.15) is 0 Å². The predicted octanol–water partition coefficient (Wildman–Crippen LogP) is 4.23. The molecule has 1 aliphatic heterocycles. The molecule has 0 radical (unpaired) electrons. The molecule has 0 spiro atoms. The van der Waals surface area contributed by atoms with E-state index in [-0.39, 0.29) is 16.5 Å². The summed E-state index contributed by atoms with van der Waals surface area (Å²) in [5.74, 6) is 0.701. The number of nitro benzene ring substituents is 1. The molecule has 0 amide bonds. The Morgan fingerprint density at radius 3 is 1.88 bits per heavy atom. The van der Waals surface area contributed by atoms with Gasteiger partial charge in [0, 0.05) is 29.9 Å².